The van der Waals surface area contributed by atoms with E-state index < -0.39 is 12.1 Å². The molecule has 1 heterocycles. The predicted molar refractivity (Wildman–Crippen MR) is 48.2 cm³/mol. The first-order valence-electron chi connectivity index (χ1n) is 3.47. The van der Waals surface area contributed by atoms with Gasteiger partial charge in [-0.1, -0.05) is 0 Å². The molecule has 0 aliphatic carbocycles. The lowest BCUT2D eigenvalue weighted by atomic mass is 10.3. The number of nitrogens with two attached hydrogens (primary N) is 1. The van der Waals surface area contributed by atoms with Crippen LogP contribution in [-0.2, 0) is 9.53 Å². The summed E-state index contributed by atoms with van der Waals surface area (Å²) in [6, 6.07) is 0. The number of hydrogen-bond acceptors (Lipinski definition) is 5. The topological polar surface area (TPSA) is 85.4 Å². The number of aromatic nitrogens is 1. The van der Waals surface area contributed by atoms with Crippen molar-refractivity contribution in [2.45, 2.75) is 6.10 Å². The van der Waals surface area contributed by atoms with Crippen LogP contribution in [0.2, 0.25) is 0 Å². The first-order valence-corrected chi connectivity index (χ1v) is 4.35. The molecule has 0 aromatic carbocycles. The van der Waals surface area contributed by atoms with E-state index in [4.69, 9.17) is 15.6 Å². The zero-order valence-electron chi connectivity index (χ0n) is 6.77. The standard InChI is InChI=1S/C7H9N2O3S/c1-4(12-2-6(10)11)5-3-13-7(8)9-5/h3-4H,1-2H2,(H2,8,9)(H,10,11). The van der Waals surface area contributed by atoms with Gasteiger partial charge in [0.2, 0.25) is 0 Å². The van der Waals surface area contributed by atoms with E-state index in [-0.39, 0.29) is 6.61 Å². The van der Waals surface area contributed by atoms with Gasteiger partial charge in [-0.15, -0.1) is 11.3 Å². The van der Waals surface area contributed by atoms with Gasteiger partial charge in [0.25, 0.3) is 0 Å². The number of carboxylic acids is 1. The van der Waals surface area contributed by atoms with Gasteiger partial charge in [-0.05, 0) is 6.92 Å². The number of ether oxygens (including phenoxy) is 1. The number of anilines is 1. The van der Waals surface area contributed by atoms with Crippen LogP contribution < -0.4 is 5.73 Å². The van der Waals surface area contributed by atoms with E-state index in [0.717, 1.165) is 0 Å². The summed E-state index contributed by atoms with van der Waals surface area (Å²) in [5.41, 5.74) is 5.94. The van der Waals surface area contributed by atoms with E-state index in [0.29, 0.717) is 10.8 Å². The van der Waals surface area contributed by atoms with Gasteiger partial charge < -0.3 is 15.6 Å². The maximum Gasteiger partial charge on any atom is 0.329 e. The Morgan fingerprint density at radius 3 is 3.08 bits per heavy atom. The van der Waals surface area contributed by atoms with Crippen LogP contribution in [-0.4, -0.2) is 22.7 Å². The Morgan fingerprint density at radius 2 is 2.62 bits per heavy atom. The SMILES string of the molecule is [CH2]C(OCC(=O)O)c1csc(N)n1. The lowest BCUT2D eigenvalue weighted by Crippen LogP contribution is -2.10. The normalized spacial score (nSPS) is 12.7. The molecule has 0 aliphatic rings. The Bertz CT molecular complexity index is 300. The molecule has 0 amide bonds. The van der Waals surface area contributed by atoms with E-state index in [1.54, 1.807) is 5.38 Å². The molecule has 0 bridgehead atoms. The van der Waals surface area contributed by atoms with Crippen LogP contribution in [0.1, 0.15) is 11.8 Å². The molecule has 1 atom stereocenters. The number of hydrogen-bond donors (Lipinski definition) is 2. The largest absolute Gasteiger partial charge is 0.480 e. The van der Waals surface area contributed by atoms with Gasteiger partial charge in [0.05, 0.1) is 5.69 Å². The van der Waals surface area contributed by atoms with E-state index in [9.17, 15) is 4.79 Å². The molecule has 13 heavy (non-hydrogen) atoms. The number of carboxylic acid groups (broad SMARTS) is 1. The molecule has 71 valence electrons. The maximum atomic E-state index is 10.1. The number of aliphatic carboxylic acids is 1. The average Bonchev–Trinajstić information content (AvgIpc) is 2.47. The van der Waals surface area contributed by atoms with Gasteiger partial charge in [0.1, 0.15) is 12.7 Å². The summed E-state index contributed by atoms with van der Waals surface area (Å²) >= 11 is 1.27. The third-order valence-corrected chi connectivity index (χ3v) is 1.97. The second-order valence-corrected chi connectivity index (χ2v) is 3.19. The monoisotopic (exact) mass is 201 g/mol. The van der Waals surface area contributed by atoms with E-state index in [1.807, 2.05) is 0 Å². The first-order chi connectivity index (χ1) is 6.09. The fourth-order valence-corrected chi connectivity index (χ4v) is 1.31. The van der Waals surface area contributed by atoms with Crippen LogP contribution >= 0.6 is 11.3 Å². The highest BCUT2D eigenvalue weighted by Crippen LogP contribution is 2.19. The molecule has 1 radical (unpaired) electrons. The molecule has 0 spiro atoms. The molecule has 5 nitrogen and oxygen atoms in total. The first kappa shape index (κ1) is 9.94. The lowest BCUT2D eigenvalue weighted by Gasteiger charge is -2.07. The van der Waals surface area contributed by atoms with Gasteiger partial charge in [0.15, 0.2) is 5.13 Å². The second-order valence-electron chi connectivity index (χ2n) is 2.30. The van der Waals surface area contributed by atoms with Gasteiger partial charge >= 0.3 is 5.97 Å². The highest BCUT2D eigenvalue weighted by atomic mass is 32.1. The molecule has 0 saturated heterocycles. The Labute approximate surface area is 79.2 Å². The molecule has 3 N–H and O–H groups in total. The van der Waals surface area contributed by atoms with E-state index >= 15 is 0 Å². The summed E-state index contributed by atoms with van der Waals surface area (Å²) in [6.45, 7) is 3.21. The van der Waals surface area contributed by atoms with Crippen molar-refractivity contribution in [2.75, 3.05) is 12.3 Å². The number of rotatable bonds is 4. The van der Waals surface area contributed by atoms with Crippen molar-refractivity contribution in [3.05, 3.63) is 18.0 Å². The summed E-state index contributed by atoms with van der Waals surface area (Å²) in [4.78, 5) is 14.0. The Kier molecular flexibility index (Phi) is 3.21. The minimum Gasteiger partial charge on any atom is -0.480 e. The van der Waals surface area contributed by atoms with Crippen molar-refractivity contribution in [3.63, 3.8) is 0 Å². The quantitative estimate of drug-likeness (QED) is 0.749. The third kappa shape index (κ3) is 3.00. The summed E-state index contributed by atoms with van der Waals surface area (Å²) in [5, 5.41) is 10.4. The second kappa shape index (κ2) is 4.20. The maximum absolute atomic E-state index is 10.1. The molecule has 0 aliphatic heterocycles. The molecule has 1 rings (SSSR count). The van der Waals surface area contributed by atoms with Crippen LogP contribution in [0, 0.1) is 6.92 Å². The minimum absolute atomic E-state index is 0.383. The van der Waals surface area contributed by atoms with Gasteiger partial charge in [-0.2, -0.15) is 0 Å². The summed E-state index contributed by atoms with van der Waals surface area (Å²) in [7, 11) is 0. The third-order valence-electron chi connectivity index (χ3n) is 1.28. The summed E-state index contributed by atoms with van der Waals surface area (Å²) in [5.74, 6) is -1.03. The van der Waals surface area contributed by atoms with Gasteiger partial charge in [-0.3, -0.25) is 0 Å². The van der Waals surface area contributed by atoms with E-state index in [1.165, 1.54) is 11.3 Å². The fourth-order valence-electron chi connectivity index (χ4n) is 0.706. The Hall–Kier alpha value is -1.14. The van der Waals surface area contributed by atoms with Crippen LogP contribution in [0.5, 0.6) is 0 Å². The van der Waals surface area contributed by atoms with Crippen molar-refractivity contribution in [1.29, 1.82) is 0 Å². The molecule has 1 aromatic heterocycles. The molecule has 6 heteroatoms. The zero-order chi connectivity index (χ0) is 9.84. The Balaban J connectivity index is 2.48. The van der Waals surface area contributed by atoms with Crippen molar-refractivity contribution in [1.82, 2.24) is 4.98 Å². The number of carbonyl (C=O) groups is 1. The lowest BCUT2D eigenvalue weighted by molar-refractivity contribution is -0.143. The molecular weight excluding hydrogens is 192 g/mol. The predicted octanol–water partition coefficient (Wildman–Crippen LogP) is 0.702. The van der Waals surface area contributed by atoms with E-state index in [2.05, 4.69) is 11.9 Å². The number of thiazole rings is 1. The average molecular weight is 201 g/mol. The van der Waals surface area contributed by atoms with Crippen LogP contribution in [0.25, 0.3) is 0 Å². The molecule has 0 fully saturated rings. The van der Waals surface area contributed by atoms with Crippen LogP contribution in [0.4, 0.5) is 5.13 Å². The number of nitrogen functional groups attached to an aromatic ring is 1. The van der Waals surface area contributed by atoms with Crippen molar-refractivity contribution < 1.29 is 14.6 Å². The smallest absolute Gasteiger partial charge is 0.329 e. The number of nitrogens with zero attached hydrogens (tertiary/aromatic N) is 1. The minimum atomic E-state index is -1.03. The molecular formula is C7H9N2O3S. The van der Waals surface area contributed by atoms with Crippen LogP contribution in [0.3, 0.4) is 0 Å². The molecule has 1 unspecified atom stereocenters. The van der Waals surface area contributed by atoms with Gasteiger partial charge in [0, 0.05) is 5.38 Å². The Morgan fingerprint density at radius 1 is 1.92 bits per heavy atom. The molecule has 1 aromatic rings. The van der Waals surface area contributed by atoms with Crippen molar-refractivity contribution in [2.24, 2.45) is 0 Å². The highest BCUT2D eigenvalue weighted by molar-refractivity contribution is 7.13. The molecule has 0 saturated carbocycles. The summed E-state index contributed by atoms with van der Waals surface area (Å²) in [6.07, 6.45) is -0.579. The summed E-state index contributed by atoms with van der Waals surface area (Å²) < 4.78 is 4.88. The van der Waals surface area contributed by atoms with Gasteiger partial charge in [-0.25, -0.2) is 9.78 Å². The van der Waals surface area contributed by atoms with Crippen molar-refractivity contribution >= 4 is 22.4 Å². The highest BCUT2D eigenvalue weighted by Gasteiger charge is 2.10. The van der Waals surface area contributed by atoms with Crippen molar-refractivity contribution in [3.8, 4) is 0 Å². The fraction of sp³-hybridized carbons (Fsp3) is 0.286. The zero-order valence-corrected chi connectivity index (χ0v) is 7.58. The van der Waals surface area contributed by atoms with Crippen LogP contribution in [0.15, 0.2) is 5.38 Å².